The number of nitriles is 1. The molecule has 7 aromatic rings. The number of rotatable bonds is 7. The van der Waals surface area contributed by atoms with Crippen LogP contribution < -0.4 is 0 Å². The van der Waals surface area contributed by atoms with Crippen molar-refractivity contribution in [1.82, 2.24) is 3.97 Å². The first-order chi connectivity index (χ1) is 24.0. The van der Waals surface area contributed by atoms with Gasteiger partial charge in [-0.05, 0) is 65.7 Å². The Labute approximate surface area is 282 Å². The van der Waals surface area contributed by atoms with Crippen molar-refractivity contribution < 1.29 is 35.9 Å². The van der Waals surface area contributed by atoms with Crippen LogP contribution in [0.15, 0.2) is 119 Å². The van der Waals surface area contributed by atoms with Crippen molar-refractivity contribution in [1.29, 1.82) is 5.26 Å². The standard InChI is InChI=1S/C38H20F3N3O5S/c1-43-31-7-3-6-24(20-42)33(31)34-30-19-25(39)10-15-32(30)44(50(47,48)26-11-8-21(9-12-26)37(40)41)35(34)23-5-2-4-22(18-23)27-13-14-29(38(45)46)36-28(27)16-17-49-36/h2-19,37H,(H,45,46). The molecule has 0 amide bonds. The molecule has 0 saturated heterocycles. The summed E-state index contributed by atoms with van der Waals surface area (Å²) >= 11 is 0. The molecule has 8 nitrogen and oxygen atoms in total. The van der Waals surface area contributed by atoms with Crippen LogP contribution >= 0.6 is 0 Å². The molecule has 0 unspecified atom stereocenters. The van der Waals surface area contributed by atoms with Gasteiger partial charge in [-0.3, -0.25) is 0 Å². The Hall–Kier alpha value is -6.63. The van der Waals surface area contributed by atoms with Gasteiger partial charge in [0, 0.05) is 38.6 Å². The molecule has 7 rings (SSSR count). The first-order valence-corrected chi connectivity index (χ1v) is 16.2. The Morgan fingerprint density at radius 2 is 1.64 bits per heavy atom. The number of nitrogens with zero attached hydrogens (tertiary/aromatic N) is 3. The van der Waals surface area contributed by atoms with Crippen molar-refractivity contribution in [2.24, 2.45) is 0 Å². The number of carboxylic acids is 1. The highest BCUT2D eigenvalue weighted by Gasteiger charge is 2.31. The molecule has 0 aliphatic heterocycles. The molecule has 1 N–H and O–H groups in total. The highest BCUT2D eigenvalue weighted by atomic mass is 32.2. The number of hydrogen-bond acceptors (Lipinski definition) is 5. The average molecular weight is 688 g/mol. The molecule has 2 heterocycles. The minimum absolute atomic E-state index is 0.00597. The van der Waals surface area contributed by atoms with Gasteiger partial charge in [0.25, 0.3) is 16.4 Å². The van der Waals surface area contributed by atoms with E-state index in [0.29, 0.717) is 16.5 Å². The van der Waals surface area contributed by atoms with E-state index in [1.807, 2.05) is 0 Å². The molecule has 0 atom stereocenters. The quantitative estimate of drug-likeness (QED) is 0.167. The van der Waals surface area contributed by atoms with Crippen LogP contribution in [0, 0.1) is 23.7 Å². The minimum atomic E-state index is -4.64. The van der Waals surface area contributed by atoms with E-state index in [0.717, 1.165) is 40.4 Å². The predicted octanol–water partition coefficient (Wildman–Crippen LogP) is 9.82. The number of carbonyl (C=O) groups is 1. The van der Waals surface area contributed by atoms with Gasteiger partial charge in [0.15, 0.2) is 5.69 Å². The van der Waals surface area contributed by atoms with Gasteiger partial charge >= 0.3 is 5.97 Å². The third-order valence-electron chi connectivity index (χ3n) is 8.38. The van der Waals surface area contributed by atoms with E-state index in [4.69, 9.17) is 11.0 Å². The fourth-order valence-corrected chi connectivity index (χ4v) is 7.74. The summed E-state index contributed by atoms with van der Waals surface area (Å²) in [7, 11) is -4.64. The minimum Gasteiger partial charge on any atom is -0.478 e. The van der Waals surface area contributed by atoms with Crippen LogP contribution in [0.1, 0.15) is 27.9 Å². The third-order valence-corrected chi connectivity index (χ3v) is 10.1. The molecule has 244 valence electrons. The van der Waals surface area contributed by atoms with Gasteiger partial charge in [0.1, 0.15) is 17.0 Å². The summed E-state index contributed by atoms with van der Waals surface area (Å²) in [5, 5.41) is 20.4. The number of aromatic carboxylic acids is 1. The lowest BCUT2D eigenvalue weighted by Gasteiger charge is -2.16. The van der Waals surface area contributed by atoms with Crippen LogP contribution in [0.4, 0.5) is 18.9 Å². The Morgan fingerprint density at radius 1 is 0.900 bits per heavy atom. The fourth-order valence-electron chi connectivity index (χ4n) is 6.20. The zero-order chi connectivity index (χ0) is 35.3. The second-order valence-electron chi connectivity index (χ2n) is 11.2. The van der Waals surface area contributed by atoms with E-state index in [1.54, 1.807) is 36.4 Å². The highest BCUT2D eigenvalue weighted by molar-refractivity contribution is 7.90. The summed E-state index contributed by atoms with van der Waals surface area (Å²) in [4.78, 5) is 15.1. The maximum atomic E-state index is 15.1. The molecule has 0 radical (unpaired) electrons. The van der Waals surface area contributed by atoms with Crippen molar-refractivity contribution >= 4 is 43.6 Å². The molecular weight excluding hydrogens is 667 g/mol. The lowest BCUT2D eigenvalue weighted by molar-refractivity contribution is 0.0697. The predicted molar refractivity (Wildman–Crippen MR) is 180 cm³/mol. The summed E-state index contributed by atoms with van der Waals surface area (Å²) in [6.45, 7) is 7.91. The lowest BCUT2D eigenvalue weighted by Crippen LogP contribution is -2.14. The number of hydrogen-bond donors (Lipinski definition) is 1. The fraction of sp³-hybridized carbons (Fsp3) is 0.0263. The summed E-state index contributed by atoms with van der Waals surface area (Å²) < 4.78 is 77.7. The molecule has 0 fully saturated rings. The number of furan rings is 1. The highest BCUT2D eigenvalue weighted by Crippen LogP contribution is 2.48. The average Bonchev–Trinajstić information content (AvgIpc) is 3.74. The van der Waals surface area contributed by atoms with Crippen molar-refractivity contribution in [2.75, 3.05) is 0 Å². The van der Waals surface area contributed by atoms with Gasteiger partial charge in [0.2, 0.25) is 0 Å². The second kappa shape index (κ2) is 12.1. The number of benzene rings is 5. The molecule has 5 aromatic carbocycles. The Bertz CT molecular complexity index is 2690. The number of fused-ring (bicyclic) bond motifs is 2. The van der Waals surface area contributed by atoms with Gasteiger partial charge in [-0.1, -0.05) is 48.5 Å². The molecule has 2 aromatic heterocycles. The molecule has 12 heteroatoms. The first kappa shape index (κ1) is 31.9. The Balaban J connectivity index is 1.61. The Morgan fingerprint density at radius 3 is 2.34 bits per heavy atom. The van der Waals surface area contributed by atoms with Crippen LogP contribution in [-0.4, -0.2) is 23.5 Å². The Kier molecular flexibility index (Phi) is 7.74. The number of carboxylic acid groups (broad SMARTS) is 1. The molecule has 0 spiro atoms. The van der Waals surface area contributed by atoms with Crippen molar-refractivity contribution in [3.05, 3.63) is 143 Å². The van der Waals surface area contributed by atoms with Crippen LogP contribution in [0.2, 0.25) is 0 Å². The zero-order valence-electron chi connectivity index (χ0n) is 25.4. The summed E-state index contributed by atoms with van der Waals surface area (Å²) in [5.41, 5.74) is 1.21. The lowest BCUT2D eigenvalue weighted by atomic mass is 9.92. The molecule has 0 saturated carbocycles. The normalized spacial score (nSPS) is 11.6. The maximum Gasteiger partial charge on any atom is 0.339 e. The molecular formula is C38H20F3N3O5S. The van der Waals surface area contributed by atoms with E-state index in [9.17, 15) is 32.4 Å². The van der Waals surface area contributed by atoms with Crippen LogP contribution in [-0.2, 0) is 10.0 Å². The number of aromatic nitrogens is 1. The van der Waals surface area contributed by atoms with Crippen molar-refractivity contribution in [3.63, 3.8) is 0 Å². The van der Waals surface area contributed by atoms with Crippen LogP contribution in [0.5, 0.6) is 0 Å². The maximum absolute atomic E-state index is 15.1. The smallest absolute Gasteiger partial charge is 0.339 e. The molecule has 0 aliphatic carbocycles. The van der Waals surface area contributed by atoms with E-state index in [2.05, 4.69) is 10.9 Å². The number of halogens is 3. The second-order valence-corrected chi connectivity index (χ2v) is 12.9. The molecule has 0 bridgehead atoms. The van der Waals surface area contributed by atoms with Gasteiger partial charge in [-0.25, -0.2) is 35.2 Å². The summed E-state index contributed by atoms with van der Waals surface area (Å²) in [6.07, 6.45) is -1.49. The zero-order valence-corrected chi connectivity index (χ0v) is 26.3. The van der Waals surface area contributed by atoms with Gasteiger partial charge in [-0.15, -0.1) is 0 Å². The molecule has 0 aliphatic rings. The van der Waals surface area contributed by atoms with Crippen LogP contribution in [0.3, 0.4) is 0 Å². The largest absolute Gasteiger partial charge is 0.478 e. The van der Waals surface area contributed by atoms with E-state index < -0.39 is 28.2 Å². The summed E-state index contributed by atoms with van der Waals surface area (Å²) in [5.74, 6) is -1.90. The van der Waals surface area contributed by atoms with E-state index >= 15 is 4.39 Å². The SMILES string of the molecule is [C-]#[N+]c1cccc(C#N)c1-c1c(-c2cccc(-c3ccc(C(=O)O)c4occc34)c2)n(S(=O)(=O)c2ccc(C(F)F)cc2)c2ccc(F)cc12. The van der Waals surface area contributed by atoms with Gasteiger partial charge in [0.05, 0.1) is 35.0 Å². The first-order valence-electron chi connectivity index (χ1n) is 14.8. The third kappa shape index (κ3) is 5.07. The van der Waals surface area contributed by atoms with Gasteiger partial charge < -0.3 is 9.52 Å². The summed E-state index contributed by atoms with van der Waals surface area (Å²) in [6, 6.07) is 25.3. The van der Waals surface area contributed by atoms with Gasteiger partial charge in [-0.2, -0.15) is 5.26 Å². The monoisotopic (exact) mass is 687 g/mol. The topological polar surface area (TPSA) is 118 Å². The van der Waals surface area contributed by atoms with E-state index in [-0.39, 0.29) is 66.1 Å². The van der Waals surface area contributed by atoms with Crippen molar-refractivity contribution in [2.45, 2.75) is 11.3 Å². The molecule has 50 heavy (non-hydrogen) atoms. The van der Waals surface area contributed by atoms with Crippen molar-refractivity contribution in [3.8, 4) is 39.6 Å². The van der Waals surface area contributed by atoms with E-state index in [1.165, 1.54) is 36.6 Å². The number of alkyl halides is 2. The van der Waals surface area contributed by atoms with Crippen LogP contribution in [0.25, 0.3) is 60.2 Å².